The fraction of sp³-hybridized carbons (Fsp3) is 0.375. The van der Waals surface area contributed by atoms with Crippen LogP contribution in [0.4, 0.5) is 14.5 Å². The predicted octanol–water partition coefficient (Wildman–Crippen LogP) is 1.03. The molecule has 1 aromatic rings. The van der Waals surface area contributed by atoms with E-state index in [-0.39, 0.29) is 5.69 Å². The van der Waals surface area contributed by atoms with Crippen LogP contribution in [0.2, 0.25) is 0 Å². The third-order valence-corrected chi connectivity index (χ3v) is 1.58. The maximum Gasteiger partial charge on any atom is 0.355 e. The molecule has 0 unspecified atom stereocenters. The van der Waals surface area contributed by atoms with Crippen molar-refractivity contribution in [1.29, 1.82) is 0 Å². The van der Waals surface area contributed by atoms with Gasteiger partial charge in [0, 0.05) is 13.2 Å². The number of nitrogen functional groups attached to an aromatic ring is 1. The van der Waals surface area contributed by atoms with Gasteiger partial charge in [-0.2, -0.15) is 0 Å². The molecule has 1 heterocycles. The summed E-state index contributed by atoms with van der Waals surface area (Å²) < 4.78 is 29.2. The van der Waals surface area contributed by atoms with E-state index < -0.39 is 19.0 Å². The average molecular weight is 204 g/mol. The number of aromatic nitrogens is 1. The van der Waals surface area contributed by atoms with Crippen molar-refractivity contribution in [2.24, 2.45) is 7.05 Å². The molecule has 14 heavy (non-hydrogen) atoms. The van der Waals surface area contributed by atoms with Gasteiger partial charge >= 0.3 is 5.97 Å². The summed E-state index contributed by atoms with van der Waals surface area (Å²) in [4.78, 5) is 11.2. The lowest BCUT2D eigenvalue weighted by molar-refractivity contribution is 0.0151. The van der Waals surface area contributed by atoms with Gasteiger partial charge in [-0.25, -0.2) is 13.6 Å². The zero-order valence-electron chi connectivity index (χ0n) is 7.54. The molecule has 6 heteroatoms. The van der Waals surface area contributed by atoms with Crippen molar-refractivity contribution in [2.45, 2.75) is 6.43 Å². The molecule has 0 spiro atoms. The molecule has 0 saturated carbocycles. The molecule has 0 amide bonds. The highest BCUT2D eigenvalue weighted by Gasteiger charge is 2.14. The van der Waals surface area contributed by atoms with E-state index in [4.69, 9.17) is 5.73 Å². The van der Waals surface area contributed by atoms with Gasteiger partial charge in [-0.15, -0.1) is 0 Å². The molecule has 4 nitrogen and oxygen atoms in total. The maximum absolute atomic E-state index is 11.7. The second-order valence-corrected chi connectivity index (χ2v) is 2.76. The minimum atomic E-state index is -2.66. The van der Waals surface area contributed by atoms with Gasteiger partial charge in [0.15, 0.2) is 6.61 Å². The molecule has 78 valence electrons. The van der Waals surface area contributed by atoms with Crippen molar-refractivity contribution >= 4 is 11.7 Å². The van der Waals surface area contributed by atoms with Gasteiger partial charge in [0.05, 0.1) is 5.69 Å². The molecule has 1 aromatic heterocycles. The number of halogens is 2. The molecule has 0 fully saturated rings. The lowest BCUT2D eigenvalue weighted by Crippen LogP contribution is -2.14. The van der Waals surface area contributed by atoms with Crippen molar-refractivity contribution in [1.82, 2.24) is 4.57 Å². The van der Waals surface area contributed by atoms with Crippen LogP contribution in [0.5, 0.6) is 0 Å². The summed E-state index contributed by atoms with van der Waals surface area (Å²) in [6.07, 6.45) is -1.16. The molecule has 2 N–H and O–H groups in total. The quantitative estimate of drug-likeness (QED) is 0.748. The molecule has 0 atom stereocenters. The third-order valence-electron chi connectivity index (χ3n) is 1.58. The molecular formula is C8H10F2N2O2. The van der Waals surface area contributed by atoms with E-state index >= 15 is 0 Å². The van der Waals surface area contributed by atoms with Gasteiger partial charge in [-0.3, -0.25) is 0 Å². The highest BCUT2D eigenvalue weighted by atomic mass is 19.3. The number of nitrogens with two attached hydrogens (primary N) is 1. The second kappa shape index (κ2) is 4.08. The number of hydrogen-bond acceptors (Lipinski definition) is 3. The summed E-state index contributed by atoms with van der Waals surface area (Å²) in [5.74, 6) is -0.801. The molecular weight excluding hydrogens is 194 g/mol. The Balaban J connectivity index is 2.65. The molecule has 0 aliphatic heterocycles. The second-order valence-electron chi connectivity index (χ2n) is 2.76. The average Bonchev–Trinajstić information content (AvgIpc) is 2.41. The van der Waals surface area contributed by atoms with Crippen LogP contribution in [0.1, 0.15) is 10.5 Å². The largest absolute Gasteiger partial charge is 0.455 e. The van der Waals surface area contributed by atoms with Crippen LogP contribution in [-0.4, -0.2) is 23.6 Å². The Morgan fingerprint density at radius 2 is 2.36 bits per heavy atom. The van der Waals surface area contributed by atoms with Crippen LogP contribution in [-0.2, 0) is 11.8 Å². The standard InChI is InChI=1S/C8H10F2N2O2/c1-12-3-5(11)2-6(12)8(13)14-4-7(9)10/h2-3,7H,4,11H2,1H3. The number of ether oxygens (including phenoxy) is 1. The number of carbonyl (C=O) groups is 1. The third kappa shape index (κ3) is 2.45. The van der Waals surface area contributed by atoms with E-state index in [1.54, 1.807) is 7.05 Å². The topological polar surface area (TPSA) is 57.2 Å². The Hall–Kier alpha value is -1.59. The van der Waals surface area contributed by atoms with E-state index in [9.17, 15) is 13.6 Å². The van der Waals surface area contributed by atoms with Gasteiger partial charge in [0.2, 0.25) is 0 Å². The summed E-state index contributed by atoms with van der Waals surface area (Å²) in [7, 11) is 1.58. The van der Waals surface area contributed by atoms with Crippen molar-refractivity contribution in [3.8, 4) is 0 Å². The van der Waals surface area contributed by atoms with E-state index in [0.29, 0.717) is 5.69 Å². The minimum absolute atomic E-state index is 0.156. The van der Waals surface area contributed by atoms with E-state index in [1.807, 2.05) is 0 Å². The number of alkyl halides is 2. The fourth-order valence-electron chi connectivity index (χ4n) is 1.01. The zero-order valence-corrected chi connectivity index (χ0v) is 7.54. The van der Waals surface area contributed by atoms with Gasteiger partial charge in [0.1, 0.15) is 5.69 Å². The first-order valence-electron chi connectivity index (χ1n) is 3.88. The van der Waals surface area contributed by atoms with E-state index in [0.717, 1.165) is 0 Å². The summed E-state index contributed by atoms with van der Waals surface area (Å²) in [5.41, 5.74) is 5.94. The lowest BCUT2D eigenvalue weighted by Gasteiger charge is -2.03. The molecule has 1 rings (SSSR count). The lowest BCUT2D eigenvalue weighted by atomic mass is 10.4. The molecule has 0 radical (unpaired) electrons. The van der Waals surface area contributed by atoms with Gasteiger partial charge in [-0.05, 0) is 6.07 Å². The van der Waals surface area contributed by atoms with Crippen molar-refractivity contribution in [3.63, 3.8) is 0 Å². The Kier molecular flexibility index (Phi) is 3.06. The van der Waals surface area contributed by atoms with Crippen LogP contribution in [0, 0.1) is 0 Å². The number of carbonyl (C=O) groups excluding carboxylic acids is 1. The van der Waals surface area contributed by atoms with Crippen molar-refractivity contribution in [3.05, 3.63) is 18.0 Å². The predicted molar refractivity (Wildman–Crippen MR) is 46.1 cm³/mol. The summed E-state index contributed by atoms with van der Waals surface area (Å²) in [6.45, 7) is -0.899. The van der Waals surface area contributed by atoms with Crippen LogP contribution in [0.15, 0.2) is 12.3 Å². The highest BCUT2D eigenvalue weighted by molar-refractivity contribution is 5.89. The number of anilines is 1. The van der Waals surface area contributed by atoms with Gasteiger partial charge in [-0.1, -0.05) is 0 Å². The normalized spacial score (nSPS) is 10.6. The fourth-order valence-corrected chi connectivity index (χ4v) is 1.01. The highest BCUT2D eigenvalue weighted by Crippen LogP contribution is 2.10. The number of esters is 1. The summed E-state index contributed by atoms with van der Waals surface area (Å²) in [6, 6.07) is 1.37. The number of hydrogen-bond donors (Lipinski definition) is 1. The van der Waals surface area contributed by atoms with Crippen molar-refractivity contribution < 1.29 is 18.3 Å². The molecule has 0 aromatic carbocycles. The molecule has 0 aliphatic carbocycles. The zero-order chi connectivity index (χ0) is 10.7. The van der Waals surface area contributed by atoms with Crippen LogP contribution >= 0.6 is 0 Å². The van der Waals surface area contributed by atoms with Crippen LogP contribution in [0.3, 0.4) is 0 Å². The van der Waals surface area contributed by atoms with Crippen molar-refractivity contribution in [2.75, 3.05) is 12.3 Å². The van der Waals surface area contributed by atoms with E-state index in [1.165, 1.54) is 16.8 Å². The molecule has 0 bridgehead atoms. The number of aryl methyl sites for hydroxylation is 1. The first-order valence-corrected chi connectivity index (χ1v) is 3.88. The van der Waals surface area contributed by atoms with E-state index in [2.05, 4.69) is 4.74 Å². The number of rotatable bonds is 3. The Morgan fingerprint density at radius 3 is 2.79 bits per heavy atom. The van der Waals surface area contributed by atoms with Gasteiger partial charge in [0.25, 0.3) is 6.43 Å². The first kappa shape index (κ1) is 10.5. The minimum Gasteiger partial charge on any atom is -0.455 e. The summed E-state index contributed by atoms with van der Waals surface area (Å²) >= 11 is 0. The Morgan fingerprint density at radius 1 is 1.71 bits per heavy atom. The van der Waals surface area contributed by atoms with Crippen LogP contribution in [0.25, 0.3) is 0 Å². The maximum atomic E-state index is 11.7. The first-order chi connectivity index (χ1) is 6.50. The van der Waals surface area contributed by atoms with Crippen LogP contribution < -0.4 is 5.73 Å². The SMILES string of the molecule is Cn1cc(N)cc1C(=O)OCC(F)F. The smallest absolute Gasteiger partial charge is 0.355 e. The molecule has 0 saturated heterocycles. The monoisotopic (exact) mass is 204 g/mol. The Labute approximate surface area is 79.3 Å². The summed E-state index contributed by atoms with van der Waals surface area (Å²) in [5, 5.41) is 0. The Bertz CT molecular complexity index is 336. The number of nitrogens with zero attached hydrogens (tertiary/aromatic N) is 1. The van der Waals surface area contributed by atoms with Gasteiger partial charge < -0.3 is 15.0 Å². The molecule has 0 aliphatic rings.